The van der Waals surface area contributed by atoms with Gasteiger partial charge < -0.3 is 19.9 Å². The van der Waals surface area contributed by atoms with E-state index in [-0.39, 0.29) is 29.7 Å². The van der Waals surface area contributed by atoms with E-state index in [1.54, 1.807) is 37.9 Å². The SMILES string of the molecule is CN=C(NCCCCn1cnnc1)NCc1ccccc1OC(F)F.I. The van der Waals surface area contributed by atoms with Crippen LogP contribution in [0.3, 0.4) is 0 Å². The van der Waals surface area contributed by atoms with Crippen LogP contribution in [-0.2, 0) is 13.1 Å². The van der Waals surface area contributed by atoms with E-state index in [1.165, 1.54) is 6.07 Å². The standard InChI is InChI=1S/C16H22F2N6O.HI/c1-19-16(20-8-4-5-9-24-11-22-23-12-24)21-10-13-6-2-3-7-14(13)25-15(17)18;/h2-3,6-7,11-12,15H,4-5,8-10H2,1H3,(H2,19,20,21);1H. The Kier molecular flexibility index (Phi) is 10.5. The first-order valence-corrected chi connectivity index (χ1v) is 7.98. The minimum Gasteiger partial charge on any atom is -0.434 e. The summed E-state index contributed by atoms with van der Waals surface area (Å²) in [5.74, 6) is 0.769. The van der Waals surface area contributed by atoms with Gasteiger partial charge in [-0.2, -0.15) is 8.78 Å². The Labute approximate surface area is 168 Å². The zero-order valence-corrected chi connectivity index (χ0v) is 16.8. The van der Waals surface area contributed by atoms with Crippen LogP contribution in [0.1, 0.15) is 18.4 Å². The number of aliphatic imine (C=N–C) groups is 1. The van der Waals surface area contributed by atoms with Crippen molar-refractivity contribution in [2.45, 2.75) is 32.5 Å². The molecule has 7 nitrogen and oxygen atoms in total. The van der Waals surface area contributed by atoms with Crippen LogP contribution < -0.4 is 15.4 Å². The molecule has 0 aliphatic rings. The summed E-state index contributed by atoms with van der Waals surface area (Å²) in [6.45, 7) is -0.900. The lowest BCUT2D eigenvalue weighted by molar-refractivity contribution is -0.0504. The van der Waals surface area contributed by atoms with Gasteiger partial charge in [0, 0.05) is 32.2 Å². The Bertz CT molecular complexity index is 654. The van der Waals surface area contributed by atoms with Gasteiger partial charge in [-0.05, 0) is 18.9 Å². The molecule has 26 heavy (non-hydrogen) atoms. The second kappa shape index (κ2) is 12.4. The van der Waals surface area contributed by atoms with Gasteiger partial charge in [-0.25, -0.2) is 0 Å². The summed E-state index contributed by atoms with van der Waals surface area (Å²) in [6, 6.07) is 6.68. The number of nitrogens with one attached hydrogen (secondary N) is 2. The number of rotatable bonds is 9. The molecule has 0 fully saturated rings. The lowest BCUT2D eigenvalue weighted by Crippen LogP contribution is -2.37. The maximum absolute atomic E-state index is 12.4. The van der Waals surface area contributed by atoms with Gasteiger partial charge >= 0.3 is 6.61 Å². The quantitative estimate of drug-likeness (QED) is 0.250. The molecule has 2 aromatic rings. The van der Waals surface area contributed by atoms with Gasteiger partial charge in [-0.3, -0.25) is 4.99 Å². The summed E-state index contributed by atoms with van der Waals surface area (Å²) in [5.41, 5.74) is 0.637. The number of aryl methyl sites for hydroxylation is 1. The Morgan fingerprint density at radius 3 is 2.62 bits per heavy atom. The van der Waals surface area contributed by atoms with Crippen LogP contribution in [0.2, 0.25) is 0 Å². The van der Waals surface area contributed by atoms with Gasteiger partial charge in [0.2, 0.25) is 0 Å². The first-order valence-electron chi connectivity index (χ1n) is 7.98. The summed E-state index contributed by atoms with van der Waals surface area (Å²) in [6.07, 6.45) is 5.30. The highest BCUT2D eigenvalue weighted by Gasteiger charge is 2.09. The number of hydrogen-bond acceptors (Lipinski definition) is 4. The smallest absolute Gasteiger partial charge is 0.387 e. The number of nitrogens with zero attached hydrogens (tertiary/aromatic N) is 4. The fourth-order valence-electron chi connectivity index (χ4n) is 2.22. The molecule has 0 radical (unpaired) electrons. The number of unbranched alkanes of at least 4 members (excludes halogenated alkanes) is 1. The first kappa shape index (κ1) is 22.1. The van der Waals surface area contributed by atoms with Crippen LogP contribution in [0.15, 0.2) is 41.9 Å². The van der Waals surface area contributed by atoms with Crippen molar-refractivity contribution in [1.29, 1.82) is 0 Å². The van der Waals surface area contributed by atoms with Crippen molar-refractivity contribution in [3.63, 3.8) is 0 Å². The van der Waals surface area contributed by atoms with E-state index >= 15 is 0 Å². The van der Waals surface area contributed by atoms with Crippen LogP contribution >= 0.6 is 24.0 Å². The zero-order chi connectivity index (χ0) is 17.9. The normalized spacial score (nSPS) is 11.2. The van der Waals surface area contributed by atoms with Crippen molar-refractivity contribution < 1.29 is 13.5 Å². The van der Waals surface area contributed by atoms with Gasteiger partial charge in [-0.1, -0.05) is 18.2 Å². The third-order valence-corrected chi connectivity index (χ3v) is 3.46. The molecule has 1 aromatic carbocycles. The molecule has 0 saturated carbocycles. The minimum atomic E-state index is -2.84. The highest BCUT2D eigenvalue weighted by molar-refractivity contribution is 14.0. The summed E-state index contributed by atoms with van der Waals surface area (Å²) in [5, 5.41) is 13.8. The molecule has 1 heterocycles. The third kappa shape index (κ3) is 7.93. The number of hydrogen-bond donors (Lipinski definition) is 2. The summed E-state index contributed by atoms with van der Waals surface area (Å²) >= 11 is 0. The number of aromatic nitrogens is 3. The van der Waals surface area contributed by atoms with Crippen LogP contribution in [0.4, 0.5) is 8.78 Å². The van der Waals surface area contributed by atoms with Crippen molar-refractivity contribution in [1.82, 2.24) is 25.4 Å². The Hall–Kier alpha value is -1.98. The fourth-order valence-corrected chi connectivity index (χ4v) is 2.22. The highest BCUT2D eigenvalue weighted by Crippen LogP contribution is 2.19. The molecule has 0 unspecified atom stereocenters. The average Bonchev–Trinajstić information content (AvgIpc) is 3.11. The summed E-state index contributed by atoms with van der Waals surface area (Å²) in [7, 11) is 1.66. The summed E-state index contributed by atoms with van der Waals surface area (Å²) < 4.78 is 31.3. The molecule has 0 spiro atoms. The van der Waals surface area contributed by atoms with E-state index in [4.69, 9.17) is 0 Å². The molecular weight excluding hydrogens is 457 g/mol. The molecule has 0 aliphatic carbocycles. The number of para-hydroxylation sites is 1. The second-order valence-corrected chi connectivity index (χ2v) is 5.25. The molecule has 0 saturated heterocycles. The monoisotopic (exact) mass is 480 g/mol. The predicted molar refractivity (Wildman–Crippen MR) is 106 cm³/mol. The number of benzene rings is 1. The van der Waals surface area contributed by atoms with Gasteiger partial charge in [0.05, 0.1) is 0 Å². The van der Waals surface area contributed by atoms with Crippen molar-refractivity contribution in [3.05, 3.63) is 42.5 Å². The van der Waals surface area contributed by atoms with E-state index in [1.807, 2.05) is 4.57 Å². The molecule has 10 heteroatoms. The van der Waals surface area contributed by atoms with Crippen LogP contribution in [0.5, 0.6) is 5.75 Å². The van der Waals surface area contributed by atoms with Gasteiger partial charge in [0.15, 0.2) is 5.96 Å². The highest BCUT2D eigenvalue weighted by atomic mass is 127. The number of guanidine groups is 1. The van der Waals surface area contributed by atoms with Gasteiger partial charge in [0.25, 0.3) is 0 Å². The van der Waals surface area contributed by atoms with Crippen LogP contribution in [-0.4, -0.2) is 40.9 Å². The second-order valence-electron chi connectivity index (χ2n) is 5.25. The van der Waals surface area contributed by atoms with E-state index in [0.717, 1.165) is 25.9 Å². The Morgan fingerprint density at radius 2 is 1.92 bits per heavy atom. The molecule has 144 valence electrons. The molecule has 0 bridgehead atoms. The topological polar surface area (TPSA) is 76.4 Å². The van der Waals surface area contributed by atoms with Crippen molar-refractivity contribution in [2.75, 3.05) is 13.6 Å². The van der Waals surface area contributed by atoms with Crippen molar-refractivity contribution in [2.24, 2.45) is 4.99 Å². The molecule has 0 atom stereocenters. The maximum atomic E-state index is 12.4. The Morgan fingerprint density at radius 1 is 1.19 bits per heavy atom. The zero-order valence-electron chi connectivity index (χ0n) is 14.4. The largest absolute Gasteiger partial charge is 0.434 e. The Balaban J connectivity index is 0.00000338. The predicted octanol–water partition coefficient (Wildman–Crippen LogP) is 2.64. The van der Waals surface area contributed by atoms with Crippen molar-refractivity contribution >= 4 is 29.9 Å². The number of halogens is 3. The fraction of sp³-hybridized carbons (Fsp3) is 0.438. The summed E-state index contributed by atoms with van der Waals surface area (Å²) in [4.78, 5) is 4.12. The van der Waals surface area contributed by atoms with Gasteiger partial charge in [-0.15, -0.1) is 34.2 Å². The van der Waals surface area contributed by atoms with Crippen LogP contribution in [0.25, 0.3) is 0 Å². The van der Waals surface area contributed by atoms with Crippen LogP contribution in [0, 0.1) is 0 Å². The van der Waals surface area contributed by atoms with E-state index in [2.05, 4.69) is 30.6 Å². The number of alkyl halides is 2. The minimum absolute atomic E-state index is 0. The number of ether oxygens (including phenoxy) is 1. The lowest BCUT2D eigenvalue weighted by atomic mass is 10.2. The maximum Gasteiger partial charge on any atom is 0.387 e. The molecule has 0 aliphatic heterocycles. The van der Waals surface area contributed by atoms with E-state index in [9.17, 15) is 8.78 Å². The molecular formula is C16H23F2IN6O. The average molecular weight is 480 g/mol. The van der Waals surface area contributed by atoms with E-state index in [0.29, 0.717) is 18.1 Å². The molecule has 2 rings (SSSR count). The molecule has 0 amide bonds. The van der Waals surface area contributed by atoms with E-state index < -0.39 is 6.61 Å². The van der Waals surface area contributed by atoms with Crippen molar-refractivity contribution in [3.8, 4) is 5.75 Å². The third-order valence-electron chi connectivity index (χ3n) is 3.46. The molecule has 2 N–H and O–H groups in total. The molecule has 1 aromatic heterocycles. The van der Waals surface area contributed by atoms with Gasteiger partial charge in [0.1, 0.15) is 18.4 Å². The first-order chi connectivity index (χ1) is 12.2. The lowest BCUT2D eigenvalue weighted by Gasteiger charge is -2.14.